The number of carbonyl (C=O) groups excluding carboxylic acids is 1. The number of aromatic nitrogens is 1. The molecule has 9 heteroatoms. The molecule has 2 aromatic heterocycles. The van der Waals surface area contributed by atoms with E-state index in [2.05, 4.69) is 15.0 Å². The molecule has 1 aromatic carbocycles. The summed E-state index contributed by atoms with van der Waals surface area (Å²) in [4.78, 5) is 16.9. The summed E-state index contributed by atoms with van der Waals surface area (Å²) in [6.45, 7) is 5.31. The third kappa shape index (κ3) is 3.95. The number of thiophene rings is 1. The number of rotatable bonds is 6. The van der Waals surface area contributed by atoms with Crippen molar-refractivity contribution in [2.75, 3.05) is 5.32 Å². The summed E-state index contributed by atoms with van der Waals surface area (Å²) in [7, 11) is -3.75. The lowest BCUT2D eigenvalue weighted by Crippen LogP contribution is -2.46. The van der Waals surface area contributed by atoms with E-state index in [1.54, 1.807) is 50.4 Å². The largest absolute Gasteiger partial charge is 0.441 e. The van der Waals surface area contributed by atoms with Crippen LogP contribution in [-0.2, 0) is 14.8 Å². The lowest BCUT2D eigenvalue weighted by molar-refractivity contribution is -0.118. The molecule has 0 radical (unpaired) electrons. The molecule has 1 amide bonds. The number of anilines is 1. The summed E-state index contributed by atoms with van der Waals surface area (Å²) in [5, 5.41) is 4.42. The van der Waals surface area contributed by atoms with Crippen molar-refractivity contribution in [3.8, 4) is 0 Å². The molecule has 7 nitrogen and oxygen atoms in total. The van der Waals surface area contributed by atoms with E-state index in [0.717, 1.165) is 11.3 Å². The van der Waals surface area contributed by atoms with E-state index in [1.807, 2.05) is 0 Å². The van der Waals surface area contributed by atoms with Gasteiger partial charge in [0.05, 0.1) is 0 Å². The zero-order chi connectivity index (χ0) is 18.9. The zero-order valence-corrected chi connectivity index (χ0v) is 16.1. The second kappa shape index (κ2) is 7.18. The minimum Gasteiger partial charge on any atom is -0.441 e. The molecule has 2 N–H and O–H groups in total. The van der Waals surface area contributed by atoms with Crippen LogP contribution in [0.25, 0.3) is 11.1 Å². The van der Waals surface area contributed by atoms with Gasteiger partial charge in [0.2, 0.25) is 5.91 Å². The maximum atomic E-state index is 12.7. The fourth-order valence-electron chi connectivity index (χ4n) is 2.47. The van der Waals surface area contributed by atoms with Crippen molar-refractivity contribution in [3.05, 3.63) is 41.6 Å². The summed E-state index contributed by atoms with van der Waals surface area (Å²) in [5.74, 6) is -0.130. The van der Waals surface area contributed by atoms with Crippen LogP contribution in [0.1, 0.15) is 19.7 Å². The molecule has 0 spiro atoms. The highest BCUT2D eigenvalue weighted by Gasteiger charge is 2.29. The highest BCUT2D eigenvalue weighted by Crippen LogP contribution is 2.21. The highest BCUT2D eigenvalue weighted by atomic mass is 32.2. The Balaban J connectivity index is 1.79. The van der Waals surface area contributed by atoms with Crippen molar-refractivity contribution in [3.63, 3.8) is 0 Å². The number of carbonyl (C=O) groups is 1. The monoisotopic (exact) mass is 393 g/mol. The van der Waals surface area contributed by atoms with Gasteiger partial charge in [-0.05, 0) is 35.6 Å². The molecular formula is C17H19N3O4S2. The minimum atomic E-state index is -3.75. The van der Waals surface area contributed by atoms with Crippen molar-refractivity contribution in [1.29, 1.82) is 0 Å². The van der Waals surface area contributed by atoms with Crippen molar-refractivity contribution in [2.45, 2.75) is 31.0 Å². The van der Waals surface area contributed by atoms with Gasteiger partial charge in [-0.3, -0.25) is 4.79 Å². The average molecular weight is 393 g/mol. The van der Waals surface area contributed by atoms with Crippen LogP contribution in [0.3, 0.4) is 0 Å². The number of nitrogens with one attached hydrogen (secondary N) is 2. The first-order valence-electron chi connectivity index (χ1n) is 8.00. The third-order valence-electron chi connectivity index (χ3n) is 3.75. The van der Waals surface area contributed by atoms with E-state index < -0.39 is 22.0 Å². The van der Waals surface area contributed by atoms with Crippen LogP contribution in [0.4, 0.5) is 5.69 Å². The number of benzene rings is 1. The van der Waals surface area contributed by atoms with Crippen molar-refractivity contribution < 1.29 is 17.6 Å². The molecule has 0 saturated heterocycles. The number of sulfonamides is 1. The van der Waals surface area contributed by atoms with Crippen LogP contribution in [0.5, 0.6) is 0 Å². The maximum absolute atomic E-state index is 12.7. The Morgan fingerprint density at radius 2 is 2.04 bits per heavy atom. The number of amides is 1. The topological polar surface area (TPSA) is 101 Å². The number of fused-ring (bicyclic) bond motifs is 1. The predicted molar refractivity (Wildman–Crippen MR) is 101 cm³/mol. The molecule has 1 unspecified atom stereocenters. The molecule has 26 heavy (non-hydrogen) atoms. The molecule has 0 bridgehead atoms. The van der Waals surface area contributed by atoms with Crippen LogP contribution in [-0.4, -0.2) is 25.4 Å². The standard InChI is InChI=1S/C17H19N3O4S2/c1-10(2)16(20-26(22,23)15-5-4-8-25-15)17(21)19-12-6-7-14-13(9-12)18-11(3)24-14/h4-10,16,20H,1-3H3,(H,19,21). The van der Waals surface area contributed by atoms with Gasteiger partial charge in [-0.25, -0.2) is 13.4 Å². The average Bonchev–Trinajstić information content (AvgIpc) is 3.20. The van der Waals surface area contributed by atoms with E-state index in [-0.39, 0.29) is 10.1 Å². The van der Waals surface area contributed by atoms with E-state index in [1.165, 1.54) is 6.07 Å². The predicted octanol–water partition coefficient (Wildman–Crippen LogP) is 3.14. The smallest absolute Gasteiger partial charge is 0.250 e. The quantitative estimate of drug-likeness (QED) is 0.670. The van der Waals surface area contributed by atoms with E-state index in [9.17, 15) is 13.2 Å². The van der Waals surface area contributed by atoms with Gasteiger partial charge >= 0.3 is 0 Å². The Bertz CT molecular complexity index is 1020. The van der Waals surface area contributed by atoms with E-state index >= 15 is 0 Å². The van der Waals surface area contributed by atoms with Crippen molar-refractivity contribution in [2.24, 2.45) is 5.92 Å². The van der Waals surface area contributed by atoms with Crippen molar-refractivity contribution >= 4 is 44.1 Å². The molecule has 138 valence electrons. The maximum Gasteiger partial charge on any atom is 0.250 e. The Labute approximate surface area is 155 Å². The Morgan fingerprint density at radius 1 is 1.27 bits per heavy atom. The molecule has 0 saturated carbocycles. The number of oxazole rings is 1. The fourth-order valence-corrected chi connectivity index (χ4v) is 4.83. The fraction of sp³-hybridized carbons (Fsp3) is 0.294. The third-order valence-corrected chi connectivity index (χ3v) is 6.59. The summed E-state index contributed by atoms with van der Waals surface area (Å²) < 4.78 is 33.0. The number of nitrogens with zero attached hydrogens (tertiary/aromatic N) is 1. The number of aryl methyl sites for hydroxylation is 1. The van der Waals surface area contributed by atoms with Gasteiger partial charge in [-0.15, -0.1) is 11.3 Å². The Kier molecular flexibility index (Phi) is 5.12. The Morgan fingerprint density at radius 3 is 2.69 bits per heavy atom. The lowest BCUT2D eigenvalue weighted by atomic mass is 10.0. The molecule has 0 aliphatic rings. The first kappa shape index (κ1) is 18.6. The second-order valence-corrected chi connectivity index (χ2v) is 9.07. The van der Waals surface area contributed by atoms with E-state index in [4.69, 9.17) is 4.42 Å². The van der Waals surface area contributed by atoms with Gasteiger partial charge in [-0.1, -0.05) is 19.9 Å². The molecule has 0 aliphatic carbocycles. The van der Waals surface area contributed by atoms with Crippen LogP contribution in [0, 0.1) is 12.8 Å². The van der Waals surface area contributed by atoms with Crippen LogP contribution in [0.2, 0.25) is 0 Å². The SMILES string of the molecule is Cc1nc2cc(NC(=O)C(NS(=O)(=O)c3cccs3)C(C)C)ccc2o1. The second-order valence-electron chi connectivity index (χ2n) is 6.18. The molecule has 2 heterocycles. The van der Waals surface area contributed by atoms with Crippen LogP contribution < -0.4 is 10.0 Å². The molecule has 3 rings (SSSR count). The van der Waals surface area contributed by atoms with E-state index in [0.29, 0.717) is 22.7 Å². The van der Waals surface area contributed by atoms with Gasteiger partial charge in [0.1, 0.15) is 15.8 Å². The van der Waals surface area contributed by atoms with Gasteiger partial charge in [0.15, 0.2) is 11.5 Å². The van der Waals surface area contributed by atoms with Gasteiger partial charge in [0.25, 0.3) is 10.0 Å². The minimum absolute atomic E-state index is 0.176. The van der Waals surface area contributed by atoms with Crippen LogP contribution in [0.15, 0.2) is 44.3 Å². The molecule has 3 aromatic rings. The zero-order valence-electron chi connectivity index (χ0n) is 14.5. The number of hydrogen-bond acceptors (Lipinski definition) is 6. The first-order valence-corrected chi connectivity index (χ1v) is 10.4. The highest BCUT2D eigenvalue weighted by molar-refractivity contribution is 7.91. The van der Waals surface area contributed by atoms with Crippen molar-refractivity contribution in [1.82, 2.24) is 9.71 Å². The molecule has 0 aliphatic heterocycles. The summed E-state index contributed by atoms with van der Waals surface area (Å²) in [6, 6.07) is 7.34. The summed E-state index contributed by atoms with van der Waals surface area (Å²) >= 11 is 1.10. The molecule has 0 fully saturated rings. The molecule has 1 atom stereocenters. The van der Waals surface area contributed by atoms with Crippen LogP contribution >= 0.6 is 11.3 Å². The normalized spacial score (nSPS) is 13.2. The Hall–Kier alpha value is -2.23. The van der Waals surface area contributed by atoms with Gasteiger partial charge < -0.3 is 9.73 Å². The molecular weight excluding hydrogens is 374 g/mol. The number of hydrogen-bond donors (Lipinski definition) is 2. The van der Waals surface area contributed by atoms with Gasteiger partial charge in [-0.2, -0.15) is 4.72 Å². The summed E-state index contributed by atoms with van der Waals surface area (Å²) in [6.07, 6.45) is 0. The first-order chi connectivity index (χ1) is 12.3. The lowest BCUT2D eigenvalue weighted by Gasteiger charge is -2.21. The van der Waals surface area contributed by atoms with Gasteiger partial charge in [0, 0.05) is 12.6 Å². The summed E-state index contributed by atoms with van der Waals surface area (Å²) in [5.41, 5.74) is 1.77.